The quantitative estimate of drug-likeness (QED) is 0.559. The summed E-state index contributed by atoms with van der Waals surface area (Å²) < 4.78 is 0. The average Bonchev–Trinajstić information content (AvgIpc) is 2.75. The Bertz CT molecular complexity index is 397. The van der Waals surface area contributed by atoms with Crippen LogP contribution in [-0.4, -0.2) is 0 Å². The van der Waals surface area contributed by atoms with E-state index in [2.05, 4.69) is 17.0 Å². The molecular weight excluding hydrogens is 217 g/mol. The van der Waals surface area contributed by atoms with Gasteiger partial charge in [0.1, 0.15) is 0 Å². The molecule has 0 heterocycles. The number of nitrogens with zero attached hydrogens (tertiary/aromatic N) is 1. The molecule has 0 atom stereocenters. The molecule has 0 spiro atoms. The molecule has 0 saturated heterocycles. The van der Waals surface area contributed by atoms with Crippen molar-refractivity contribution in [3.05, 3.63) is 64.7 Å². The van der Waals surface area contributed by atoms with Gasteiger partial charge in [-0.2, -0.15) is 0 Å². The minimum Gasteiger partial charge on any atom is -0.0726 e. The van der Waals surface area contributed by atoms with Gasteiger partial charge in [-0.3, -0.25) is 0 Å². The van der Waals surface area contributed by atoms with Crippen LogP contribution in [0.1, 0.15) is 6.42 Å². The maximum absolute atomic E-state index is 4.19. The summed E-state index contributed by atoms with van der Waals surface area (Å²) in [6, 6.07) is 2.92. The molecule has 0 amide bonds. The minimum absolute atomic E-state index is 0. The summed E-state index contributed by atoms with van der Waals surface area (Å²) in [6.45, 7) is 0. The van der Waals surface area contributed by atoms with Gasteiger partial charge < -0.3 is 0 Å². The van der Waals surface area contributed by atoms with Crippen molar-refractivity contribution in [2.24, 2.45) is 0 Å². The number of hydrogen-bond donors (Lipinski definition) is 0. The van der Waals surface area contributed by atoms with Crippen LogP contribution in [0.5, 0.6) is 0 Å². The first-order chi connectivity index (χ1) is 6.45. The molecule has 1 nitrogen and oxygen atoms in total. The van der Waals surface area contributed by atoms with Crippen LogP contribution in [0.15, 0.2) is 59.9 Å². The Morgan fingerprint density at radius 2 is 2.00 bits per heavy atom. The molecule has 0 bridgehead atoms. The Kier molecular flexibility index (Phi) is 4.18. The van der Waals surface area contributed by atoms with Gasteiger partial charge in [-0.25, -0.2) is 0 Å². The van der Waals surface area contributed by atoms with E-state index in [9.17, 15) is 0 Å². The van der Waals surface area contributed by atoms with Crippen LogP contribution in [0.25, 0.3) is 4.85 Å². The molecule has 14 heavy (non-hydrogen) atoms. The van der Waals surface area contributed by atoms with E-state index in [0.29, 0.717) is 0 Å². The van der Waals surface area contributed by atoms with Crippen molar-refractivity contribution in [1.29, 1.82) is 0 Å². The van der Waals surface area contributed by atoms with E-state index in [1.54, 1.807) is 0 Å². The van der Waals surface area contributed by atoms with Crippen molar-refractivity contribution in [1.82, 2.24) is 0 Å². The van der Waals surface area contributed by atoms with E-state index in [1.165, 1.54) is 0 Å². The molecule has 2 heteroatoms. The van der Waals surface area contributed by atoms with Crippen LogP contribution in [0.3, 0.4) is 0 Å². The fourth-order valence-electron chi connectivity index (χ4n) is 1.19. The molecule has 2 rings (SSSR count). The first kappa shape index (κ1) is 10.8. The van der Waals surface area contributed by atoms with E-state index in [1.807, 2.05) is 42.5 Å². The van der Waals surface area contributed by atoms with Gasteiger partial charge in [0, 0.05) is 22.9 Å². The molecule has 71 valence electrons. The van der Waals surface area contributed by atoms with Crippen molar-refractivity contribution in [2.75, 3.05) is 0 Å². The third kappa shape index (κ3) is 2.88. The molecular formula is C12H10CoN+. The van der Waals surface area contributed by atoms with E-state index >= 15 is 0 Å². The van der Waals surface area contributed by atoms with Gasteiger partial charge in [0.2, 0.25) is 0 Å². The van der Waals surface area contributed by atoms with Crippen molar-refractivity contribution in [3.63, 3.8) is 0 Å². The second-order valence-electron chi connectivity index (χ2n) is 2.89. The molecule has 0 aromatic rings. The fourth-order valence-corrected chi connectivity index (χ4v) is 1.19. The normalized spacial score (nSPS) is 16.0. The smallest absolute Gasteiger partial charge is 0.0726 e. The SMILES string of the molecule is C(C=C1C=CC=C1)#[N+]C1=CC=CC1.[Co]. The maximum Gasteiger partial charge on any atom is 0.321 e. The Hall–Kier alpha value is -1.30. The monoisotopic (exact) mass is 227 g/mol. The van der Waals surface area contributed by atoms with Gasteiger partial charge in [-0.05, 0) is 10.4 Å². The second-order valence-corrected chi connectivity index (χ2v) is 2.89. The molecule has 0 saturated carbocycles. The zero-order chi connectivity index (χ0) is 8.93. The van der Waals surface area contributed by atoms with Gasteiger partial charge in [0.25, 0.3) is 0 Å². The van der Waals surface area contributed by atoms with Gasteiger partial charge in [-0.1, -0.05) is 36.5 Å². The maximum atomic E-state index is 4.19. The molecule has 0 N–H and O–H groups in total. The Morgan fingerprint density at radius 1 is 1.21 bits per heavy atom. The van der Waals surface area contributed by atoms with Gasteiger partial charge in [-0.15, -0.1) is 0 Å². The molecule has 1 radical (unpaired) electrons. The first-order valence-electron chi connectivity index (χ1n) is 4.32. The zero-order valence-electron chi connectivity index (χ0n) is 7.61. The molecule has 0 aromatic carbocycles. The molecule has 0 aliphatic heterocycles. The fraction of sp³-hybridized carbons (Fsp3) is 0.0833. The van der Waals surface area contributed by atoms with Crippen LogP contribution in [-0.2, 0) is 16.8 Å². The topological polar surface area (TPSA) is 4.36 Å². The van der Waals surface area contributed by atoms with Gasteiger partial charge >= 0.3 is 11.8 Å². The largest absolute Gasteiger partial charge is 0.321 e. The molecule has 2 aliphatic rings. The second kappa shape index (κ2) is 5.43. The molecule has 2 aliphatic carbocycles. The van der Waals surface area contributed by atoms with Crippen molar-refractivity contribution < 1.29 is 16.8 Å². The van der Waals surface area contributed by atoms with Crippen LogP contribution in [0.2, 0.25) is 0 Å². The third-order valence-electron chi connectivity index (χ3n) is 1.88. The summed E-state index contributed by atoms with van der Waals surface area (Å²) in [5.74, 6) is 0. The van der Waals surface area contributed by atoms with Crippen molar-refractivity contribution >= 4 is 0 Å². The summed E-state index contributed by atoms with van der Waals surface area (Å²) in [6.07, 6.45) is 17.0. The third-order valence-corrected chi connectivity index (χ3v) is 1.88. The van der Waals surface area contributed by atoms with Crippen molar-refractivity contribution in [3.8, 4) is 6.07 Å². The van der Waals surface area contributed by atoms with E-state index in [-0.39, 0.29) is 16.8 Å². The summed E-state index contributed by atoms with van der Waals surface area (Å²) in [7, 11) is 0. The van der Waals surface area contributed by atoms with E-state index in [4.69, 9.17) is 0 Å². The van der Waals surface area contributed by atoms with E-state index in [0.717, 1.165) is 17.7 Å². The summed E-state index contributed by atoms with van der Waals surface area (Å²) >= 11 is 0. The van der Waals surface area contributed by atoms with Crippen LogP contribution in [0.4, 0.5) is 0 Å². The zero-order valence-corrected chi connectivity index (χ0v) is 8.65. The van der Waals surface area contributed by atoms with Crippen LogP contribution in [0, 0.1) is 6.07 Å². The summed E-state index contributed by atoms with van der Waals surface area (Å²) in [4.78, 5) is 4.19. The predicted octanol–water partition coefficient (Wildman–Crippen LogP) is 3.21. The minimum atomic E-state index is 0. The van der Waals surface area contributed by atoms with Gasteiger partial charge in [0.05, 0.1) is 12.5 Å². The Balaban J connectivity index is 0.000000980. The Labute approximate surface area is 94.2 Å². The van der Waals surface area contributed by atoms with E-state index < -0.39 is 0 Å². The first-order valence-corrected chi connectivity index (χ1v) is 4.32. The number of rotatable bonds is 0. The molecule has 0 fully saturated rings. The van der Waals surface area contributed by atoms with Crippen LogP contribution < -0.4 is 0 Å². The predicted molar refractivity (Wildman–Crippen MR) is 55.5 cm³/mol. The van der Waals surface area contributed by atoms with Crippen LogP contribution >= 0.6 is 0 Å². The van der Waals surface area contributed by atoms with Crippen molar-refractivity contribution in [2.45, 2.75) is 6.42 Å². The molecule has 0 aromatic heterocycles. The average molecular weight is 227 g/mol. The summed E-state index contributed by atoms with van der Waals surface area (Å²) in [5.41, 5.74) is 2.22. The molecule has 0 unspecified atom stereocenters. The number of allylic oxidation sites excluding steroid dienone is 9. The number of hydrogen-bond acceptors (Lipinski definition) is 0. The standard InChI is InChI=1S/C12H10N.Co/c1-2-6-11(5-1)9-10-13-12-7-3-4-8-12;/h1-7,9H,8H2;/q+1;. The Morgan fingerprint density at radius 3 is 2.64 bits per heavy atom. The van der Waals surface area contributed by atoms with Gasteiger partial charge in [0.15, 0.2) is 0 Å². The summed E-state index contributed by atoms with van der Waals surface area (Å²) in [5, 5.41) is 0.